The number of anilines is 1. The van der Waals surface area contributed by atoms with Crippen LogP contribution in [0.4, 0.5) is 23.7 Å². The van der Waals surface area contributed by atoms with Crippen molar-refractivity contribution in [1.82, 2.24) is 14.4 Å². The molecule has 4 heterocycles. The number of hydrogen-bond acceptors (Lipinski definition) is 6. The second kappa shape index (κ2) is 11.3. The number of benzene rings is 2. The SMILES string of the molecule is O=C1OCCN1c1cccc(OCc2nc3cc(F)c(-c4ccc(=O)[nH]c4)cn3c2Cc2ccccc2OC(F)F)c1. The van der Waals surface area contributed by atoms with Crippen LogP contribution in [0.15, 0.2) is 83.9 Å². The fraction of sp³-hybridized carbons (Fsp3) is 0.167. The highest BCUT2D eigenvalue weighted by Gasteiger charge is 2.24. The summed E-state index contributed by atoms with van der Waals surface area (Å²) in [6, 6.07) is 17.4. The molecule has 0 bridgehead atoms. The first-order chi connectivity index (χ1) is 20.4. The number of pyridine rings is 2. The van der Waals surface area contributed by atoms with Crippen molar-refractivity contribution < 1.29 is 32.2 Å². The van der Waals surface area contributed by atoms with Gasteiger partial charge in [-0.05, 0) is 24.3 Å². The normalized spacial score (nSPS) is 13.1. The van der Waals surface area contributed by atoms with Crippen LogP contribution in [0.25, 0.3) is 16.8 Å². The van der Waals surface area contributed by atoms with Crippen LogP contribution in [0.5, 0.6) is 11.5 Å². The van der Waals surface area contributed by atoms with Crippen LogP contribution in [0.2, 0.25) is 0 Å². The molecule has 1 aliphatic heterocycles. The minimum Gasteiger partial charge on any atom is -0.487 e. The zero-order valence-corrected chi connectivity index (χ0v) is 21.9. The number of ether oxygens (including phenoxy) is 3. The summed E-state index contributed by atoms with van der Waals surface area (Å²) in [6.45, 7) is -2.35. The van der Waals surface area contributed by atoms with Gasteiger partial charge >= 0.3 is 12.7 Å². The molecule has 214 valence electrons. The molecule has 5 aromatic rings. The van der Waals surface area contributed by atoms with Gasteiger partial charge in [-0.1, -0.05) is 24.3 Å². The van der Waals surface area contributed by atoms with Crippen molar-refractivity contribution in [3.05, 3.63) is 112 Å². The number of cyclic esters (lactones) is 1. The smallest absolute Gasteiger partial charge is 0.414 e. The Bertz CT molecular complexity index is 1820. The quantitative estimate of drug-likeness (QED) is 0.247. The molecule has 12 heteroatoms. The van der Waals surface area contributed by atoms with Crippen LogP contribution >= 0.6 is 0 Å². The lowest BCUT2D eigenvalue weighted by Gasteiger charge is -2.15. The Hall–Kier alpha value is -5.26. The number of aromatic amines is 1. The van der Waals surface area contributed by atoms with Gasteiger partial charge in [0.15, 0.2) is 0 Å². The minimum absolute atomic E-state index is 0.00230. The van der Waals surface area contributed by atoms with Crippen LogP contribution in [-0.2, 0) is 17.8 Å². The van der Waals surface area contributed by atoms with Gasteiger partial charge in [0.1, 0.15) is 41.9 Å². The molecule has 1 amide bonds. The largest absolute Gasteiger partial charge is 0.487 e. The average molecular weight is 577 g/mol. The van der Waals surface area contributed by atoms with Gasteiger partial charge in [-0.3, -0.25) is 9.69 Å². The van der Waals surface area contributed by atoms with E-state index < -0.39 is 18.5 Å². The molecule has 0 atom stereocenters. The topological polar surface area (TPSA) is 98.2 Å². The zero-order chi connectivity index (χ0) is 29.2. The maximum atomic E-state index is 15.2. The molecule has 0 unspecified atom stereocenters. The monoisotopic (exact) mass is 576 g/mol. The summed E-state index contributed by atoms with van der Waals surface area (Å²) in [4.78, 5) is 32.2. The van der Waals surface area contributed by atoms with Crippen molar-refractivity contribution in [2.45, 2.75) is 19.6 Å². The van der Waals surface area contributed by atoms with Crippen molar-refractivity contribution in [1.29, 1.82) is 0 Å². The van der Waals surface area contributed by atoms with Crippen LogP contribution in [0.3, 0.4) is 0 Å². The molecule has 2 aromatic carbocycles. The molecule has 3 aromatic heterocycles. The Balaban J connectivity index is 1.39. The number of imidazole rings is 1. The van der Waals surface area contributed by atoms with Gasteiger partial charge in [0.05, 0.1) is 17.9 Å². The van der Waals surface area contributed by atoms with Crippen LogP contribution in [-0.4, -0.2) is 40.2 Å². The number of amides is 1. The predicted octanol–water partition coefficient (Wildman–Crippen LogP) is 5.56. The Morgan fingerprint density at radius 2 is 1.90 bits per heavy atom. The Labute approximate surface area is 236 Å². The predicted molar refractivity (Wildman–Crippen MR) is 147 cm³/mol. The zero-order valence-electron chi connectivity index (χ0n) is 21.9. The summed E-state index contributed by atoms with van der Waals surface area (Å²) in [5, 5.41) is 0. The van der Waals surface area contributed by atoms with Crippen molar-refractivity contribution in [3.8, 4) is 22.6 Å². The van der Waals surface area contributed by atoms with E-state index >= 15 is 4.39 Å². The number of fused-ring (bicyclic) bond motifs is 1. The van der Waals surface area contributed by atoms with Crippen LogP contribution in [0, 0.1) is 5.82 Å². The number of carbonyl (C=O) groups is 1. The van der Waals surface area contributed by atoms with Gasteiger partial charge in [-0.25, -0.2) is 14.2 Å². The first-order valence-corrected chi connectivity index (χ1v) is 12.9. The lowest BCUT2D eigenvalue weighted by Crippen LogP contribution is -2.23. The fourth-order valence-electron chi connectivity index (χ4n) is 4.82. The molecule has 1 N–H and O–H groups in total. The van der Waals surface area contributed by atoms with Crippen molar-refractivity contribution in [2.75, 3.05) is 18.1 Å². The number of rotatable bonds is 9. The summed E-state index contributed by atoms with van der Waals surface area (Å²) in [5.74, 6) is -0.107. The van der Waals surface area contributed by atoms with E-state index in [2.05, 4.69) is 9.97 Å². The van der Waals surface area contributed by atoms with Gasteiger partial charge in [0.25, 0.3) is 0 Å². The van der Waals surface area contributed by atoms with Crippen molar-refractivity contribution in [3.63, 3.8) is 0 Å². The maximum absolute atomic E-state index is 15.2. The molecule has 0 radical (unpaired) electrons. The maximum Gasteiger partial charge on any atom is 0.414 e. The Morgan fingerprint density at radius 1 is 1.05 bits per heavy atom. The number of carbonyl (C=O) groups excluding carboxylic acids is 1. The summed E-state index contributed by atoms with van der Waals surface area (Å²) in [7, 11) is 0. The fourth-order valence-corrected chi connectivity index (χ4v) is 4.82. The average Bonchev–Trinajstić information content (AvgIpc) is 3.55. The van der Waals surface area contributed by atoms with E-state index in [9.17, 15) is 18.4 Å². The highest BCUT2D eigenvalue weighted by molar-refractivity contribution is 5.89. The molecule has 0 spiro atoms. The molecule has 42 heavy (non-hydrogen) atoms. The lowest BCUT2D eigenvalue weighted by atomic mass is 10.1. The molecular formula is C30H23F3N4O5. The number of H-pyrrole nitrogens is 1. The molecule has 6 rings (SSSR count). The van der Waals surface area contributed by atoms with E-state index in [0.29, 0.717) is 47.1 Å². The third kappa shape index (κ3) is 5.51. The second-order valence-corrected chi connectivity index (χ2v) is 9.43. The molecule has 0 saturated carbocycles. The first kappa shape index (κ1) is 26.9. The van der Waals surface area contributed by atoms with E-state index in [1.807, 2.05) is 0 Å². The van der Waals surface area contributed by atoms with Crippen molar-refractivity contribution >= 4 is 17.4 Å². The van der Waals surface area contributed by atoms with Gasteiger partial charge in [0.2, 0.25) is 5.56 Å². The van der Waals surface area contributed by atoms with E-state index in [-0.39, 0.29) is 35.5 Å². The summed E-state index contributed by atoms with van der Waals surface area (Å²) in [6.07, 6.45) is 2.61. The third-order valence-corrected chi connectivity index (χ3v) is 6.80. The minimum atomic E-state index is -3.02. The first-order valence-electron chi connectivity index (χ1n) is 12.9. The molecule has 9 nitrogen and oxygen atoms in total. The van der Waals surface area contributed by atoms with E-state index in [0.717, 1.165) is 0 Å². The number of para-hydroxylation sites is 1. The van der Waals surface area contributed by atoms with E-state index in [1.54, 1.807) is 53.1 Å². The lowest BCUT2D eigenvalue weighted by molar-refractivity contribution is -0.0504. The number of alkyl halides is 2. The van der Waals surface area contributed by atoms with E-state index in [4.69, 9.17) is 14.2 Å². The van der Waals surface area contributed by atoms with Crippen LogP contribution < -0.4 is 19.9 Å². The van der Waals surface area contributed by atoms with Crippen LogP contribution in [0.1, 0.15) is 17.0 Å². The van der Waals surface area contributed by atoms with Gasteiger partial charge in [0, 0.05) is 53.7 Å². The third-order valence-electron chi connectivity index (χ3n) is 6.80. The summed E-state index contributed by atoms with van der Waals surface area (Å²) < 4.78 is 59.0. The number of hydrogen-bond donors (Lipinski definition) is 1. The highest BCUT2D eigenvalue weighted by atomic mass is 19.3. The Kier molecular flexibility index (Phi) is 7.26. The molecule has 1 fully saturated rings. The Morgan fingerprint density at radius 3 is 2.67 bits per heavy atom. The number of halogens is 3. The van der Waals surface area contributed by atoms with Gasteiger partial charge in [-0.15, -0.1) is 0 Å². The summed E-state index contributed by atoms with van der Waals surface area (Å²) in [5.41, 5.74) is 2.64. The number of nitrogens with one attached hydrogen (secondary N) is 1. The highest BCUT2D eigenvalue weighted by Crippen LogP contribution is 2.30. The van der Waals surface area contributed by atoms with Gasteiger partial charge < -0.3 is 23.6 Å². The second-order valence-electron chi connectivity index (χ2n) is 9.43. The summed E-state index contributed by atoms with van der Waals surface area (Å²) >= 11 is 0. The number of aromatic nitrogens is 3. The standard InChI is InChI=1S/C30H23F3N4O5/c31-23-14-27-35-24(17-41-21-6-3-5-20(13-21)36-10-11-40-30(36)39)25(12-18-4-1-2-7-26(18)42-29(32)33)37(27)16-22(23)19-8-9-28(38)34-15-19/h1-9,13-16,29H,10-12,17H2,(H,34,38). The molecule has 0 aliphatic carbocycles. The van der Waals surface area contributed by atoms with Crippen molar-refractivity contribution in [2.24, 2.45) is 0 Å². The molecule has 1 aliphatic rings. The molecular weight excluding hydrogens is 553 g/mol. The van der Waals surface area contributed by atoms with E-state index in [1.165, 1.54) is 35.4 Å². The van der Waals surface area contributed by atoms with Gasteiger partial charge in [-0.2, -0.15) is 8.78 Å². The molecule has 1 saturated heterocycles. The number of nitrogens with zero attached hydrogens (tertiary/aromatic N) is 3.